The van der Waals surface area contributed by atoms with Crippen molar-refractivity contribution in [2.75, 3.05) is 19.8 Å². The monoisotopic (exact) mass is 216 g/mol. The first-order valence-electron chi connectivity index (χ1n) is 5.72. The van der Waals surface area contributed by atoms with Gasteiger partial charge in [0.05, 0.1) is 13.2 Å². The summed E-state index contributed by atoms with van der Waals surface area (Å²) in [5, 5.41) is 9.60. The van der Waals surface area contributed by atoms with Crippen molar-refractivity contribution in [3.8, 4) is 0 Å². The molecule has 2 saturated heterocycles. The van der Waals surface area contributed by atoms with Crippen LogP contribution in [-0.2, 0) is 14.2 Å². The van der Waals surface area contributed by atoms with Gasteiger partial charge in [0.2, 0.25) is 0 Å². The fraction of sp³-hybridized carbons (Fsp3) is 1.00. The van der Waals surface area contributed by atoms with Gasteiger partial charge in [-0.15, -0.1) is 0 Å². The zero-order chi connectivity index (χ0) is 10.9. The number of aliphatic hydroxyl groups excluding tert-OH is 1. The molecule has 0 unspecified atom stereocenters. The molecule has 4 nitrogen and oxygen atoms in total. The fourth-order valence-corrected chi connectivity index (χ4v) is 2.23. The molecule has 0 amide bonds. The summed E-state index contributed by atoms with van der Waals surface area (Å²) in [7, 11) is 0. The number of fused-ring (bicyclic) bond motifs is 1. The van der Waals surface area contributed by atoms with Crippen molar-refractivity contribution in [2.24, 2.45) is 0 Å². The van der Waals surface area contributed by atoms with Crippen molar-refractivity contribution in [1.29, 1.82) is 0 Å². The summed E-state index contributed by atoms with van der Waals surface area (Å²) in [6, 6.07) is 0. The third-order valence-electron chi connectivity index (χ3n) is 3.22. The first kappa shape index (κ1) is 11.3. The summed E-state index contributed by atoms with van der Waals surface area (Å²) in [5.74, 6) is 0. The fourth-order valence-electron chi connectivity index (χ4n) is 2.23. The van der Waals surface area contributed by atoms with Crippen LogP contribution in [0.5, 0.6) is 0 Å². The lowest BCUT2D eigenvalue weighted by molar-refractivity contribution is -0.104. The van der Waals surface area contributed by atoms with Crippen LogP contribution in [0.2, 0.25) is 0 Å². The maximum absolute atomic E-state index is 9.60. The van der Waals surface area contributed by atoms with E-state index < -0.39 is 6.10 Å². The third kappa shape index (κ3) is 2.04. The van der Waals surface area contributed by atoms with Gasteiger partial charge in [0, 0.05) is 6.61 Å². The number of unbranched alkanes of at least 4 members (excludes halogenated alkanes) is 1. The van der Waals surface area contributed by atoms with Gasteiger partial charge < -0.3 is 19.3 Å². The van der Waals surface area contributed by atoms with Crippen molar-refractivity contribution in [1.82, 2.24) is 0 Å². The van der Waals surface area contributed by atoms with Crippen molar-refractivity contribution >= 4 is 0 Å². The van der Waals surface area contributed by atoms with E-state index in [0.29, 0.717) is 13.2 Å². The van der Waals surface area contributed by atoms with E-state index in [0.717, 1.165) is 19.4 Å². The molecule has 0 radical (unpaired) electrons. The van der Waals surface area contributed by atoms with E-state index in [2.05, 4.69) is 6.92 Å². The first-order chi connectivity index (χ1) is 7.17. The summed E-state index contributed by atoms with van der Waals surface area (Å²) in [6.07, 6.45) is 1.37. The smallest absolute Gasteiger partial charge is 0.117 e. The van der Waals surface area contributed by atoms with Gasteiger partial charge in [0.1, 0.15) is 23.9 Å². The summed E-state index contributed by atoms with van der Waals surface area (Å²) in [4.78, 5) is 0. The Morgan fingerprint density at radius 3 is 3.00 bits per heavy atom. The van der Waals surface area contributed by atoms with E-state index in [1.807, 2.05) is 6.92 Å². The minimum Gasteiger partial charge on any atom is -0.388 e. The van der Waals surface area contributed by atoms with Crippen LogP contribution in [0.25, 0.3) is 0 Å². The van der Waals surface area contributed by atoms with E-state index in [4.69, 9.17) is 14.2 Å². The second-order valence-electron chi connectivity index (χ2n) is 4.61. The predicted octanol–water partition coefficient (Wildman–Crippen LogP) is 0.720. The Hall–Kier alpha value is -0.160. The van der Waals surface area contributed by atoms with Gasteiger partial charge in [0.15, 0.2) is 0 Å². The summed E-state index contributed by atoms with van der Waals surface area (Å²) >= 11 is 0. The Morgan fingerprint density at radius 1 is 1.47 bits per heavy atom. The van der Waals surface area contributed by atoms with Crippen LogP contribution in [-0.4, -0.2) is 48.8 Å². The molecule has 0 spiro atoms. The van der Waals surface area contributed by atoms with Gasteiger partial charge in [-0.25, -0.2) is 0 Å². The van der Waals surface area contributed by atoms with Gasteiger partial charge in [-0.1, -0.05) is 13.3 Å². The molecule has 0 aromatic rings. The summed E-state index contributed by atoms with van der Waals surface area (Å²) in [5.41, 5.74) is -0.378. The molecule has 0 saturated carbocycles. The van der Waals surface area contributed by atoms with E-state index in [9.17, 15) is 5.11 Å². The standard InChI is InChI=1S/C11H20O4/c1-3-4-5-15-11(2)7-14-9-8(12)6-13-10(9)11/h8-10,12H,3-7H2,1-2H3/t8-,9-,10+,11+/m1/s1. The quantitative estimate of drug-likeness (QED) is 0.703. The predicted molar refractivity (Wildman–Crippen MR) is 54.8 cm³/mol. The van der Waals surface area contributed by atoms with Gasteiger partial charge in [-0.3, -0.25) is 0 Å². The zero-order valence-electron chi connectivity index (χ0n) is 9.44. The molecule has 88 valence electrons. The highest BCUT2D eigenvalue weighted by molar-refractivity contribution is 5.02. The number of rotatable bonds is 4. The maximum Gasteiger partial charge on any atom is 0.117 e. The van der Waals surface area contributed by atoms with Gasteiger partial charge in [-0.05, 0) is 13.3 Å². The molecule has 0 aromatic heterocycles. The molecule has 2 aliphatic rings. The van der Waals surface area contributed by atoms with E-state index in [1.54, 1.807) is 0 Å². The van der Waals surface area contributed by atoms with Crippen LogP contribution in [0.15, 0.2) is 0 Å². The topological polar surface area (TPSA) is 47.9 Å². The van der Waals surface area contributed by atoms with Gasteiger partial charge in [-0.2, -0.15) is 0 Å². The van der Waals surface area contributed by atoms with Crippen LogP contribution >= 0.6 is 0 Å². The molecule has 2 rings (SSSR count). The van der Waals surface area contributed by atoms with E-state index in [-0.39, 0.29) is 17.8 Å². The SMILES string of the molecule is CCCCO[C@@]1(C)CO[C@@H]2[C@H](O)CO[C@@H]21. The zero-order valence-corrected chi connectivity index (χ0v) is 9.44. The lowest BCUT2D eigenvalue weighted by Gasteiger charge is -2.28. The van der Waals surface area contributed by atoms with Gasteiger partial charge in [0.25, 0.3) is 0 Å². The lowest BCUT2D eigenvalue weighted by atomic mass is 9.98. The minimum absolute atomic E-state index is 0.107. The van der Waals surface area contributed by atoms with Crippen LogP contribution in [0.4, 0.5) is 0 Å². The highest BCUT2D eigenvalue weighted by Crippen LogP contribution is 2.36. The van der Waals surface area contributed by atoms with Crippen LogP contribution in [0.1, 0.15) is 26.7 Å². The van der Waals surface area contributed by atoms with Crippen LogP contribution in [0.3, 0.4) is 0 Å². The normalized spacial score (nSPS) is 44.6. The minimum atomic E-state index is -0.494. The molecule has 4 heteroatoms. The van der Waals surface area contributed by atoms with E-state index in [1.165, 1.54) is 0 Å². The molecule has 2 aliphatic heterocycles. The molecule has 2 fully saturated rings. The molecule has 0 bridgehead atoms. The average Bonchev–Trinajstić information content (AvgIpc) is 2.72. The number of aliphatic hydroxyl groups is 1. The Labute approximate surface area is 90.5 Å². The third-order valence-corrected chi connectivity index (χ3v) is 3.22. The summed E-state index contributed by atoms with van der Waals surface area (Å²) in [6.45, 7) is 5.75. The lowest BCUT2D eigenvalue weighted by Crippen LogP contribution is -2.43. The largest absolute Gasteiger partial charge is 0.388 e. The Bertz CT molecular complexity index is 221. The van der Waals surface area contributed by atoms with Crippen molar-refractivity contribution in [2.45, 2.75) is 50.6 Å². The average molecular weight is 216 g/mol. The van der Waals surface area contributed by atoms with Crippen molar-refractivity contribution < 1.29 is 19.3 Å². The first-order valence-corrected chi connectivity index (χ1v) is 5.72. The Balaban J connectivity index is 1.92. The molecule has 2 heterocycles. The highest BCUT2D eigenvalue weighted by atomic mass is 16.6. The maximum atomic E-state index is 9.60. The van der Waals surface area contributed by atoms with E-state index >= 15 is 0 Å². The van der Waals surface area contributed by atoms with Crippen LogP contribution in [0, 0.1) is 0 Å². The number of hydrogen-bond acceptors (Lipinski definition) is 4. The summed E-state index contributed by atoms with van der Waals surface area (Å²) < 4.78 is 16.9. The van der Waals surface area contributed by atoms with Crippen LogP contribution < -0.4 is 0 Å². The number of hydrogen-bond donors (Lipinski definition) is 1. The molecule has 15 heavy (non-hydrogen) atoms. The molecule has 0 aliphatic carbocycles. The second-order valence-corrected chi connectivity index (χ2v) is 4.61. The van der Waals surface area contributed by atoms with Crippen molar-refractivity contribution in [3.05, 3.63) is 0 Å². The molecular formula is C11H20O4. The second kappa shape index (κ2) is 4.37. The molecule has 4 atom stereocenters. The van der Waals surface area contributed by atoms with Crippen molar-refractivity contribution in [3.63, 3.8) is 0 Å². The van der Waals surface area contributed by atoms with Gasteiger partial charge >= 0.3 is 0 Å². The molecular weight excluding hydrogens is 196 g/mol. The Kier molecular flexibility index (Phi) is 3.30. The Morgan fingerprint density at radius 2 is 2.27 bits per heavy atom. The highest BCUT2D eigenvalue weighted by Gasteiger charge is 2.54. The molecule has 0 aromatic carbocycles. The number of ether oxygens (including phenoxy) is 3. The molecule has 1 N–H and O–H groups in total.